The average molecular weight is 254 g/mol. The molecule has 3 heteroatoms. The summed E-state index contributed by atoms with van der Waals surface area (Å²) in [6.07, 6.45) is 4.15. The number of amides is 1. The second kappa shape index (κ2) is 4.65. The summed E-state index contributed by atoms with van der Waals surface area (Å²) in [6.45, 7) is 4.34. The molecule has 1 saturated carbocycles. The third-order valence-electron chi connectivity index (χ3n) is 3.59. The Morgan fingerprint density at radius 3 is 2.53 bits per heavy atom. The Morgan fingerprint density at radius 2 is 1.95 bits per heavy atom. The van der Waals surface area contributed by atoms with Crippen molar-refractivity contribution in [2.24, 2.45) is 10.9 Å². The van der Waals surface area contributed by atoms with E-state index in [0.29, 0.717) is 17.5 Å². The number of carbonyl (C=O) groups excluding carboxylic acids is 1. The fraction of sp³-hybridized carbons (Fsp3) is 0.375. The normalized spacial score (nSPS) is 20.9. The Balaban J connectivity index is 1.82. The van der Waals surface area contributed by atoms with Crippen molar-refractivity contribution in [3.05, 3.63) is 41.1 Å². The SMILES string of the molecule is CC(C)c1ccc(/C=C2/N=C(C3CC3)NC2=O)cc1. The van der Waals surface area contributed by atoms with Crippen LogP contribution in [0.2, 0.25) is 0 Å². The number of aliphatic imine (C=N–C) groups is 1. The molecule has 3 rings (SSSR count). The lowest BCUT2D eigenvalue weighted by Gasteiger charge is -2.04. The van der Waals surface area contributed by atoms with Crippen molar-refractivity contribution in [3.63, 3.8) is 0 Å². The highest BCUT2D eigenvalue weighted by molar-refractivity contribution is 6.15. The molecule has 1 aliphatic carbocycles. The molecule has 0 spiro atoms. The molecule has 1 aromatic rings. The number of rotatable bonds is 3. The first-order valence-electron chi connectivity index (χ1n) is 6.85. The summed E-state index contributed by atoms with van der Waals surface area (Å²) in [6, 6.07) is 8.30. The lowest BCUT2D eigenvalue weighted by atomic mass is 10.0. The van der Waals surface area contributed by atoms with E-state index in [2.05, 4.69) is 36.3 Å². The van der Waals surface area contributed by atoms with Crippen LogP contribution in [-0.4, -0.2) is 11.7 Å². The minimum absolute atomic E-state index is 0.0742. The van der Waals surface area contributed by atoms with Gasteiger partial charge < -0.3 is 5.32 Å². The first kappa shape index (κ1) is 12.2. The highest BCUT2D eigenvalue weighted by Crippen LogP contribution is 2.32. The molecule has 0 atom stereocenters. The molecule has 19 heavy (non-hydrogen) atoms. The van der Waals surface area contributed by atoms with Crippen LogP contribution in [0, 0.1) is 5.92 Å². The summed E-state index contributed by atoms with van der Waals surface area (Å²) in [5, 5.41) is 2.86. The standard InChI is InChI=1S/C16H18N2O/c1-10(2)12-5-3-11(4-6-12)9-14-16(19)18-15(17-14)13-7-8-13/h3-6,9-10,13H,7-8H2,1-2H3,(H,17,18,19)/b14-9+. The molecule has 1 N–H and O–H groups in total. The minimum atomic E-state index is -0.0742. The number of carbonyl (C=O) groups is 1. The molecule has 0 bridgehead atoms. The van der Waals surface area contributed by atoms with Crippen LogP contribution in [-0.2, 0) is 4.79 Å². The molecule has 1 aromatic carbocycles. The molecule has 1 heterocycles. The van der Waals surface area contributed by atoms with E-state index in [1.165, 1.54) is 5.56 Å². The fourth-order valence-electron chi connectivity index (χ4n) is 2.17. The van der Waals surface area contributed by atoms with Gasteiger partial charge in [-0.1, -0.05) is 38.1 Å². The molecule has 2 aliphatic rings. The van der Waals surface area contributed by atoms with Crippen LogP contribution in [0.4, 0.5) is 0 Å². The maximum Gasteiger partial charge on any atom is 0.275 e. The zero-order valence-electron chi connectivity index (χ0n) is 11.3. The van der Waals surface area contributed by atoms with Crippen molar-refractivity contribution >= 4 is 17.8 Å². The summed E-state index contributed by atoms with van der Waals surface area (Å²) >= 11 is 0. The third kappa shape index (κ3) is 2.60. The van der Waals surface area contributed by atoms with Crippen molar-refractivity contribution < 1.29 is 4.79 Å². The lowest BCUT2D eigenvalue weighted by Crippen LogP contribution is -2.25. The summed E-state index contributed by atoms with van der Waals surface area (Å²) in [7, 11) is 0. The van der Waals surface area contributed by atoms with Crippen LogP contribution in [0.15, 0.2) is 35.0 Å². The maximum absolute atomic E-state index is 11.8. The Morgan fingerprint density at radius 1 is 1.26 bits per heavy atom. The second-order valence-corrected chi connectivity index (χ2v) is 5.58. The van der Waals surface area contributed by atoms with E-state index >= 15 is 0 Å². The van der Waals surface area contributed by atoms with Crippen molar-refractivity contribution in [1.29, 1.82) is 0 Å². The monoisotopic (exact) mass is 254 g/mol. The van der Waals surface area contributed by atoms with E-state index in [0.717, 1.165) is 24.2 Å². The van der Waals surface area contributed by atoms with Gasteiger partial charge in [-0.05, 0) is 36.0 Å². The molecule has 0 saturated heterocycles. The quantitative estimate of drug-likeness (QED) is 0.827. The van der Waals surface area contributed by atoms with Gasteiger partial charge in [0.2, 0.25) is 0 Å². The molecule has 0 radical (unpaired) electrons. The van der Waals surface area contributed by atoms with E-state index < -0.39 is 0 Å². The molecule has 98 valence electrons. The van der Waals surface area contributed by atoms with Gasteiger partial charge in [0.25, 0.3) is 5.91 Å². The molecular formula is C16H18N2O. The molecule has 1 amide bonds. The molecule has 1 aliphatic heterocycles. The minimum Gasteiger partial charge on any atom is -0.308 e. The van der Waals surface area contributed by atoms with Gasteiger partial charge in [0.1, 0.15) is 11.5 Å². The predicted octanol–water partition coefficient (Wildman–Crippen LogP) is 3.09. The van der Waals surface area contributed by atoms with E-state index in [-0.39, 0.29) is 5.91 Å². The molecule has 1 fully saturated rings. The highest BCUT2D eigenvalue weighted by atomic mass is 16.2. The second-order valence-electron chi connectivity index (χ2n) is 5.58. The summed E-state index contributed by atoms with van der Waals surface area (Å²) < 4.78 is 0. The number of amidine groups is 1. The van der Waals surface area contributed by atoms with Crippen molar-refractivity contribution in [3.8, 4) is 0 Å². The predicted molar refractivity (Wildman–Crippen MR) is 76.8 cm³/mol. The van der Waals surface area contributed by atoms with Crippen LogP contribution in [0.1, 0.15) is 43.7 Å². The molecular weight excluding hydrogens is 236 g/mol. The summed E-state index contributed by atoms with van der Waals surface area (Å²) in [4.78, 5) is 16.2. The average Bonchev–Trinajstić information content (AvgIpc) is 3.17. The van der Waals surface area contributed by atoms with Crippen molar-refractivity contribution in [2.45, 2.75) is 32.6 Å². The van der Waals surface area contributed by atoms with Crippen LogP contribution in [0.3, 0.4) is 0 Å². The number of hydrogen-bond donors (Lipinski definition) is 1. The Hall–Kier alpha value is -1.90. The van der Waals surface area contributed by atoms with Crippen molar-refractivity contribution in [1.82, 2.24) is 5.32 Å². The maximum atomic E-state index is 11.8. The number of nitrogens with zero attached hydrogens (tertiary/aromatic N) is 1. The zero-order chi connectivity index (χ0) is 13.4. The molecule has 0 aromatic heterocycles. The van der Waals surface area contributed by atoms with Crippen LogP contribution in [0.25, 0.3) is 6.08 Å². The number of benzene rings is 1. The largest absolute Gasteiger partial charge is 0.308 e. The van der Waals surface area contributed by atoms with Gasteiger partial charge in [-0.2, -0.15) is 0 Å². The van der Waals surface area contributed by atoms with E-state index in [1.807, 2.05) is 18.2 Å². The fourth-order valence-corrected chi connectivity index (χ4v) is 2.17. The Bertz CT molecular complexity index is 563. The van der Waals surface area contributed by atoms with Gasteiger partial charge >= 0.3 is 0 Å². The van der Waals surface area contributed by atoms with Crippen LogP contribution >= 0.6 is 0 Å². The first-order chi connectivity index (χ1) is 9.13. The van der Waals surface area contributed by atoms with E-state index in [9.17, 15) is 4.79 Å². The van der Waals surface area contributed by atoms with Crippen LogP contribution in [0.5, 0.6) is 0 Å². The molecule has 0 unspecified atom stereocenters. The van der Waals surface area contributed by atoms with Crippen molar-refractivity contribution in [2.75, 3.05) is 0 Å². The summed E-state index contributed by atoms with van der Waals surface area (Å²) in [5.41, 5.74) is 2.86. The van der Waals surface area contributed by atoms with Gasteiger partial charge in [0.15, 0.2) is 0 Å². The number of hydrogen-bond acceptors (Lipinski definition) is 2. The zero-order valence-corrected chi connectivity index (χ0v) is 11.3. The van der Waals surface area contributed by atoms with Crippen LogP contribution < -0.4 is 5.32 Å². The smallest absolute Gasteiger partial charge is 0.275 e. The number of nitrogens with one attached hydrogen (secondary N) is 1. The van der Waals surface area contributed by atoms with E-state index in [4.69, 9.17) is 0 Å². The highest BCUT2D eigenvalue weighted by Gasteiger charge is 2.33. The third-order valence-corrected chi connectivity index (χ3v) is 3.59. The Labute approximate surface area is 113 Å². The first-order valence-corrected chi connectivity index (χ1v) is 6.85. The van der Waals surface area contributed by atoms with Gasteiger partial charge in [0.05, 0.1) is 0 Å². The van der Waals surface area contributed by atoms with Gasteiger partial charge in [-0.25, -0.2) is 4.99 Å². The Kier molecular flexibility index (Phi) is 2.97. The van der Waals surface area contributed by atoms with Gasteiger partial charge in [-0.3, -0.25) is 4.79 Å². The lowest BCUT2D eigenvalue weighted by molar-refractivity contribution is -0.115. The summed E-state index contributed by atoms with van der Waals surface area (Å²) in [5.74, 6) is 1.79. The topological polar surface area (TPSA) is 41.5 Å². The van der Waals surface area contributed by atoms with Gasteiger partial charge in [0, 0.05) is 5.92 Å². The van der Waals surface area contributed by atoms with Gasteiger partial charge in [-0.15, -0.1) is 0 Å². The molecule has 3 nitrogen and oxygen atoms in total. The van der Waals surface area contributed by atoms with E-state index in [1.54, 1.807) is 0 Å².